The van der Waals surface area contributed by atoms with E-state index in [-0.39, 0.29) is 10.9 Å². The predicted molar refractivity (Wildman–Crippen MR) is 88.4 cm³/mol. The zero-order valence-corrected chi connectivity index (χ0v) is 13.0. The average molecular weight is 306 g/mol. The van der Waals surface area contributed by atoms with E-state index in [1.165, 1.54) is 19.3 Å². The molecule has 0 aromatic heterocycles. The normalized spacial score (nSPS) is 14.5. The smallest absolute Gasteiger partial charge is 0.226 e. The fourth-order valence-corrected chi connectivity index (χ4v) is 2.50. The second-order valence-corrected chi connectivity index (χ2v) is 5.85. The van der Waals surface area contributed by atoms with Crippen LogP contribution in [-0.2, 0) is 9.53 Å². The van der Waals surface area contributed by atoms with E-state index in [1.54, 1.807) is 12.1 Å². The van der Waals surface area contributed by atoms with Gasteiger partial charge in [-0.15, -0.1) is 0 Å². The highest BCUT2D eigenvalue weighted by Gasteiger charge is 2.16. The second-order valence-electron chi connectivity index (χ2n) is 5.41. The number of rotatable bonds is 8. The monoisotopic (exact) mass is 306 g/mol. The minimum absolute atomic E-state index is 0.0812. The summed E-state index contributed by atoms with van der Waals surface area (Å²) in [5, 5.41) is 2.83. The Bertz CT molecular complexity index is 501. The Hall–Kier alpha value is -1.46. The molecule has 1 aliphatic carbocycles. The predicted octanol–water partition coefficient (Wildman–Crippen LogP) is 2.86. The third-order valence-electron chi connectivity index (χ3n) is 3.84. The molecular weight excluding hydrogens is 284 g/mol. The zero-order chi connectivity index (χ0) is 15.1. The van der Waals surface area contributed by atoms with Crippen molar-refractivity contribution in [2.75, 3.05) is 18.5 Å². The summed E-state index contributed by atoms with van der Waals surface area (Å²) in [6, 6.07) is 7.27. The minimum atomic E-state index is -0.0812. The fraction of sp³-hybridized carbons (Fsp3) is 0.500. The van der Waals surface area contributed by atoms with Gasteiger partial charge < -0.3 is 15.8 Å². The number of benzene rings is 1. The fourth-order valence-electron chi connectivity index (χ4n) is 2.32. The number of nitrogens with one attached hydrogen (secondary N) is 1. The van der Waals surface area contributed by atoms with Gasteiger partial charge in [-0.25, -0.2) is 0 Å². The highest BCUT2D eigenvalue weighted by molar-refractivity contribution is 7.80. The van der Waals surface area contributed by atoms with Crippen molar-refractivity contribution >= 4 is 28.8 Å². The van der Waals surface area contributed by atoms with E-state index in [2.05, 4.69) is 5.32 Å². The Morgan fingerprint density at radius 1 is 1.33 bits per heavy atom. The van der Waals surface area contributed by atoms with Gasteiger partial charge in [0, 0.05) is 12.2 Å². The average Bonchev–Trinajstić information content (AvgIpc) is 2.41. The summed E-state index contributed by atoms with van der Waals surface area (Å²) in [6.07, 6.45) is 5.48. The molecule has 0 heterocycles. The molecule has 0 saturated heterocycles. The summed E-state index contributed by atoms with van der Waals surface area (Å²) in [7, 11) is 0. The number of carbonyl (C=O) groups is 1. The molecule has 1 aromatic rings. The molecule has 1 amide bonds. The van der Waals surface area contributed by atoms with Crippen molar-refractivity contribution in [3.63, 3.8) is 0 Å². The van der Waals surface area contributed by atoms with Crippen LogP contribution < -0.4 is 11.1 Å². The molecule has 2 rings (SSSR count). The summed E-state index contributed by atoms with van der Waals surface area (Å²) in [6.45, 7) is 1.20. The van der Waals surface area contributed by atoms with Gasteiger partial charge in [-0.05, 0) is 24.5 Å². The van der Waals surface area contributed by atoms with Gasteiger partial charge in [0.15, 0.2) is 0 Å². The first kappa shape index (κ1) is 15.9. The summed E-state index contributed by atoms with van der Waals surface area (Å²) < 4.78 is 5.51. The van der Waals surface area contributed by atoms with Crippen molar-refractivity contribution < 1.29 is 9.53 Å². The summed E-state index contributed by atoms with van der Waals surface area (Å²) in [5.41, 5.74) is 6.98. The van der Waals surface area contributed by atoms with Gasteiger partial charge in [-0.1, -0.05) is 43.6 Å². The topological polar surface area (TPSA) is 64.3 Å². The van der Waals surface area contributed by atoms with Gasteiger partial charge in [-0.3, -0.25) is 4.79 Å². The lowest BCUT2D eigenvalue weighted by Crippen LogP contribution is -2.19. The first-order valence-corrected chi connectivity index (χ1v) is 7.84. The Labute approximate surface area is 131 Å². The maximum Gasteiger partial charge on any atom is 0.226 e. The Morgan fingerprint density at radius 2 is 2.10 bits per heavy atom. The molecule has 4 nitrogen and oxygen atoms in total. The van der Waals surface area contributed by atoms with E-state index in [0.29, 0.717) is 24.3 Å². The van der Waals surface area contributed by atoms with E-state index in [1.807, 2.05) is 12.1 Å². The van der Waals surface area contributed by atoms with E-state index >= 15 is 0 Å². The quantitative estimate of drug-likeness (QED) is 0.572. The number of thiocarbonyl (C=S) groups is 1. The SMILES string of the molecule is NC(=S)c1ccccc1NC(=O)CCOCCC1CCC1. The van der Waals surface area contributed by atoms with E-state index in [4.69, 9.17) is 22.7 Å². The van der Waals surface area contributed by atoms with Crippen LogP contribution >= 0.6 is 12.2 Å². The molecule has 1 aromatic carbocycles. The first-order chi connectivity index (χ1) is 10.2. The van der Waals surface area contributed by atoms with Gasteiger partial charge >= 0.3 is 0 Å². The van der Waals surface area contributed by atoms with Gasteiger partial charge in [0.2, 0.25) is 5.91 Å². The van der Waals surface area contributed by atoms with Crippen molar-refractivity contribution in [3.8, 4) is 0 Å². The number of hydrogen-bond donors (Lipinski definition) is 2. The Balaban J connectivity index is 1.68. The van der Waals surface area contributed by atoms with Gasteiger partial charge in [-0.2, -0.15) is 0 Å². The zero-order valence-electron chi connectivity index (χ0n) is 12.1. The molecule has 0 aliphatic heterocycles. The lowest BCUT2D eigenvalue weighted by Gasteiger charge is -2.24. The molecule has 1 aliphatic rings. The maximum absolute atomic E-state index is 11.9. The summed E-state index contributed by atoms with van der Waals surface area (Å²) in [5.74, 6) is 0.763. The van der Waals surface area contributed by atoms with Crippen LogP contribution in [0.1, 0.15) is 37.7 Å². The van der Waals surface area contributed by atoms with Crippen LogP contribution in [0, 0.1) is 5.92 Å². The molecular formula is C16H22N2O2S. The van der Waals surface area contributed by atoms with Crippen molar-refractivity contribution in [3.05, 3.63) is 29.8 Å². The van der Waals surface area contributed by atoms with Crippen LogP contribution in [0.5, 0.6) is 0 Å². The molecule has 1 saturated carbocycles. The standard InChI is InChI=1S/C16H22N2O2S/c17-16(21)13-6-1-2-7-14(13)18-15(19)9-11-20-10-8-12-4-3-5-12/h1-2,6-7,12H,3-5,8-11H2,(H2,17,21)(H,18,19). The molecule has 0 spiro atoms. The molecule has 0 bridgehead atoms. The van der Waals surface area contributed by atoms with Crippen molar-refractivity contribution in [1.29, 1.82) is 0 Å². The van der Waals surface area contributed by atoms with Gasteiger partial charge in [0.1, 0.15) is 4.99 Å². The number of ether oxygens (including phenoxy) is 1. The molecule has 3 N–H and O–H groups in total. The second kappa shape index (κ2) is 8.10. The van der Waals surface area contributed by atoms with Crippen LogP contribution in [0.4, 0.5) is 5.69 Å². The van der Waals surface area contributed by atoms with E-state index in [9.17, 15) is 4.79 Å². The maximum atomic E-state index is 11.9. The molecule has 0 unspecified atom stereocenters. The third kappa shape index (κ3) is 5.10. The van der Waals surface area contributed by atoms with Crippen LogP contribution in [-0.4, -0.2) is 24.1 Å². The van der Waals surface area contributed by atoms with Gasteiger partial charge in [0.25, 0.3) is 0 Å². The van der Waals surface area contributed by atoms with Crippen molar-refractivity contribution in [1.82, 2.24) is 0 Å². The lowest BCUT2D eigenvalue weighted by atomic mass is 9.83. The molecule has 21 heavy (non-hydrogen) atoms. The van der Waals surface area contributed by atoms with E-state index in [0.717, 1.165) is 18.9 Å². The first-order valence-electron chi connectivity index (χ1n) is 7.43. The molecule has 0 radical (unpaired) electrons. The largest absolute Gasteiger partial charge is 0.389 e. The van der Waals surface area contributed by atoms with Crippen LogP contribution in [0.3, 0.4) is 0 Å². The van der Waals surface area contributed by atoms with E-state index < -0.39 is 0 Å². The van der Waals surface area contributed by atoms with Crippen molar-refractivity contribution in [2.45, 2.75) is 32.1 Å². The van der Waals surface area contributed by atoms with Crippen LogP contribution in [0.2, 0.25) is 0 Å². The number of carbonyl (C=O) groups excluding carboxylic acids is 1. The lowest BCUT2D eigenvalue weighted by molar-refractivity contribution is -0.117. The molecule has 5 heteroatoms. The summed E-state index contributed by atoms with van der Waals surface area (Å²) >= 11 is 4.97. The Kier molecular flexibility index (Phi) is 6.14. The minimum Gasteiger partial charge on any atom is -0.389 e. The molecule has 1 fully saturated rings. The molecule has 114 valence electrons. The number of nitrogens with two attached hydrogens (primary N) is 1. The highest BCUT2D eigenvalue weighted by Crippen LogP contribution is 2.29. The third-order valence-corrected chi connectivity index (χ3v) is 4.06. The van der Waals surface area contributed by atoms with Crippen LogP contribution in [0.15, 0.2) is 24.3 Å². The number of hydrogen-bond acceptors (Lipinski definition) is 3. The van der Waals surface area contributed by atoms with Crippen molar-refractivity contribution in [2.24, 2.45) is 11.7 Å². The van der Waals surface area contributed by atoms with Crippen LogP contribution in [0.25, 0.3) is 0 Å². The van der Waals surface area contributed by atoms with Gasteiger partial charge in [0.05, 0.1) is 18.7 Å². The summed E-state index contributed by atoms with van der Waals surface area (Å²) in [4.78, 5) is 12.2. The number of anilines is 1. The highest BCUT2D eigenvalue weighted by atomic mass is 32.1. The number of para-hydroxylation sites is 1. The Morgan fingerprint density at radius 3 is 2.76 bits per heavy atom. The molecule has 0 atom stereocenters. The number of amides is 1.